The van der Waals surface area contributed by atoms with Crippen molar-refractivity contribution < 1.29 is 9.90 Å². The first-order valence-electron chi connectivity index (χ1n) is 5.74. The Morgan fingerprint density at radius 2 is 2.42 bits per heavy atom. The largest absolute Gasteiger partial charge is 0.395 e. The molecule has 2 rings (SSSR count). The molecular formula is C13H13N3O2S. The molecule has 5 nitrogen and oxygen atoms in total. The highest BCUT2D eigenvalue weighted by Gasteiger charge is 2.08. The van der Waals surface area contributed by atoms with Crippen LogP contribution in [0.25, 0.3) is 0 Å². The normalized spacial score (nSPS) is 9.74. The summed E-state index contributed by atoms with van der Waals surface area (Å²) in [7, 11) is 0. The number of amides is 1. The number of aromatic amines is 1. The van der Waals surface area contributed by atoms with Gasteiger partial charge in [0.1, 0.15) is 0 Å². The second kappa shape index (κ2) is 6.73. The van der Waals surface area contributed by atoms with Crippen LogP contribution in [0.2, 0.25) is 0 Å². The van der Waals surface area contributed by atoms with Crippen LogP contribution in [0, 0.1) is 11.8 Å². The molecule has 0 fully saturated rings. The van der Waals surface area contributed by atoms with Crippen molar-refractivity contribution in [3.8, 4) is 11.8 Å². The minimum absolute atomic E-state index is 0.0515. The average molecular weight is 275 g/mol. The maximum absolute atomic E-state index is 11.9. The molecule has 3 N–H and O–H groups in total. The quantitative estimate of drug-likeness (QED) is 0.732. The minimum atomic E-state index is -0.130. The van der Waals surface area contributed by atoms with Crippen molar-refractivity contribution in [2.75, 3.05) is 6.61 Å². The molecule has 0 bridgehead atoms. The summed E-state index contributed by atoms with van der Waals surface area (Å²) in [4.78, 5) is 20.1. The fourth-order valence-corrected chi connectivity index (χ4v) is 2.17. The maximum Gasteiger partial charge on any atom is 0.261 e. The van der Waals surface area contributed by atoms with Crippen molar-refractivity contribution in [2.24, 2.45) is 0 Å². The number of imidazole rings is 1. The van der Waals surface area contributed by atoms with E-state index in [-0.39, 0.29) is 12.5 Å². The third-order valence-electron chi connectivity index (χ3n) is 2.27. The van der Waals surface area contributed by atoms with Crippen molar-refractivity contribution in [3.63, 3.8) is 0 Å². The molecular weight excluding hydrogens is 262 g/mol. The molecule has 98 valence electrons. The van der Waals surface area contributed by atoms with Gasteiger partial charge in [0.25, 0.3) is 5.91 Å². The zero-order valence-electron chi connectivity index (χ0n) is 10.1. The van der Waals surface area contributed by atoms with Crippen LogP contribution in [0.4, 0.5) is 0 Å². The topological polar surface area (TPSA) is 78.0 Å². The Kier molecular flexibility index (Phi) is 4.72. The zero-order valence-corrected chi connectivity index (χ0v) is 11.0. The van der Waals surface area contributed by atoms with E-state index < -0.39 is 0 Å². The van der Waals surface area contributed by atoms with Gasteiger partial charge in [-0.05, 0) is 12.1 Å². The highest BCUT2D eigenvalue weighted by Crippen LogP contribution is 2.15. The summed E-state index contributed by atoms with van der Waals surface area (Å²) in [5.41, 5.74) is 0.855. The Balaban J connectivity index is 1.91. The molecule has 2 heterocycles. The first-order valence-corrected chi connectivity index (χ1v) is 6.56. The lowest BCUT2D eigenvalue weighted by Gasteiger charge is -2.00. The predicted octanol–water partition coefficient (Wildman–Crippen LogP) is 1.14. The Bertz CT molecular complexity index is 593. The molecule has 0 unspecified atom stereocenters. The Hall–Kier alpha value is -2.10. The van der Waals surface area contributed by atoms with Gasteiger partial charge in [-0.15, -0.1) is 11.3 Å². The van der Waals surface area contributed by atoms with Gasteiger partial charge in [0.2, 0.25) is 0 Å². The Morgan fingerprint density at radius 1 is 1.53 bits per heavy atom. The molecule has 0 aliphatic heterocycles. The first-order chi connectivity index (χ1) is 9.29. The average Bonchev–Trinajstić information content (AvgIpc) is 3.07. The molecule has 0 saturated heterocycles. The van der Waals surface area contributed by atoms with E-state index in [0.29, 0.717) is 17.8 Å². The van der Waals surface area contributed by atoms with Crippen LogP contribution in [-0.2, 0) is 6.54 Å². The van der Waals surface area contributed by atoms with Gasteiger partial charge in [-0.2, -0.15) is 0 Å². The monoisotopic (exact) mass is 275 g/mol. The van der Waals surface area contributed by atoms with E-state index in [2.05, 4.69) is 27.1 Å². The first kappa shape index (κ1) is 13.3. The zero-order chi connectivity index (χ0) is 13.5. The summed E-state index contributed by atoms with van der Waals surface area (Å²) >= 11 is 1.34. The lowest BCUT2D eigenvalue weighted by molar-refractivity contribution is 0.0954. The van der Waals surface area contributed by atoms with Crippen molar-refractivity contribution in [1.29, 1.82) is 0 Å². The number of hydrogen-bond acceptors (Lipinski definition) is 4. The van der Waals surface area contributed by atoms with Crippen molar-refractivity contribution >= 4 is 17.2 Å². The second-order valence-corrected chi connectivity index (χ2v) is 4.78. The number of H-pyrrole nitrogens is 1. The van der Waals surface area contributed by atoms with Gasteiger partial charge < -0.3 is 15.4 Å². The SMILES string of the molecule is O=C(NCc1cnc[nH]1)c1ccc(C#CCCO)s1. The number of aromatic nitrogens is 2. The number of carbonyl (C=O) groups is 1. The summed E-state index contributed by atoms with van der Waals surface area (Å²) in [6, 6.07) is 3.55. The third-order valence-corrected chi connectivity index (χ3v) is 3.27. The molecule has 0 saturated carbocycles. The van der Waals surface area contributed by atoms with E-state index in [1.54, 1.807) is 24.7 Å². The lowest BCUT2D eigenvalue weighted by atomic mass is 10.3. The summed E-state index contributed by atoms with van der Waals surface area (Å²) in [5, 5.41) is 11.4. The summed E-state index contributed by atoms with van der Waals surface area (Å²) in [6.45, 7) is 0.470. The van der Waals surface area contributed by atoms with E-state index >= 15 is 0 Å². The van der Waals surface area contributed by atoms with Crippen LogP contribution in [0.5, 0.6) is 0 Å². The molecule has 0 radical (unpaired) electrons. The fourth-order valence-electron chi connectivity index (χ4n) is 1.38. The molecule has 0 aromatic carbocycles. The number of aliphatic hydroxyl groups excluding tert-OH is 1. The van der Waals surface area contributed by atoms with E-state index in [0.717, 1.165) is 10.6 Å². The molecule has 0 aliphatic carbocycles. The molecule has 0 atom stereocenters. The van der Waals surface area contributed by atoms with E-state index in [1.807, 2.05) is 0 Å². The molecule has 6 heteroatoms. The number of rotatable bonds is 4. The van der Waals surface area contributed by atoms with Gasteiger partial charge in [0.15, 0.2) is 0 Å². The number of thiophene rings is 1. The van der Waals surface area contributed by atoms with Crippen molar-refractivity contribution in [3.05, 3.63) is 40.1 Å². The minimum Gasteiger partial charge on any atom is -0.395 e. The van der Waals surface area contributed by atoms with Gasteiger partial charge >= 0.3 is 0 Å². The number of nitrogens with one attached hydrogen (secondary N) is 2. The number of nitrogens with zero attached hydrogens (tertiary/aromatic N) is 1. The van der Waals surface area contributed by atoms with Crippen LogP contribution in [0.3, 0.4) is 0 Å². The number of aliphatic hydroxyl groups is 1. The third kappa shape index (κ3) is 3.95. The summed E-state index contributed by atoms with van der Waals surface area (Å²) < 4.78 is 0. The van der Waals surface area contributed by atoms with E-state index in [4.69, 9.17) is 5.11 Å². The molecule has 0 spiro atoms. The van der Waals surface area contributed by atoms with Crippen LogP contribution < -0.4 is 5.32 Å². The Morgan fingerprint density at radius 3 is 3.16 bits per heavy atom. The van der Waals surface area contributed by atoms with E-state index in [1.165, 1.54) is 11.3 Å². The summed E-state index contributed by atoms with van der Waals surface area (Å²) in [6.07, 6.45) is 3.68. The van der Waals surface area contributed by atoms with Crippen LogP contribution in [-0.4, -0.2) is 27.6 Å². The molecule has 19 heavy (non-hydrogen) atoms. The van der Waals surface area contributed by atoms with Crippen molar-refractivity contribution in [2.45, 2.75) is 13.0 Å². The van der Waals surface area contributed by atoms with Gasteiger partial charge in [0, 0.05) is 12.6 Å². The van der Waals surface area contributed by atoms with E-state index in [9.17, 15) is 4.79 Å². The van der Waals surface area contributed by atoms with Gasteiger partial charge in [-0.3, -0.25) is 4.79 Å². The molecule has 2 aromatic heterocycles. The molecule has 1 amide bonds. The van der Waals surface area contributed by atoms with Crippen LogP contribution in [0.15, 0.2) is 24.7 Å². The standard InChI is InChI=1S/C13H13N3O2S/c17-6-2-1-3-11-4-5-12(19-11)13(18)15-8-10-7-14-9-16-10/h4-5,7,9,17H,2,6,8H2,(H,14,16)(H,15,18). The highest BCUT2D eigenvalue weighted by molar-refractivity contribution is 7.14. The smallest absolute Gasteiger partial charge is 0.261 e. The van der Waals surface area contributed by atoms with Crippen molar-refractivity contribution in [1.82, 2.24) is 15.3 Å². The lowest BCUT2D eigenvalue weighted by Crippen LogP contribution is -2.21. The summed E-state index contributed by atoms with van der Waals surface area (Å²) in [5.74, 6) is 5.60. The second-order valence-electron chi connectivity index (χ2n) is 3.70. The van der Waals surface area contributed by atoms with Gasteiger partial charge in [-0.25, -0.2) is 4.98 Å². The highest BCUT2D eigenvalue weighted by atomic mass is 32.1. The Labute approximate surface area is 114 Å². The maximum atomic E-state index is 11.9. The number of hydrogen-bond donors (Lipinski definition) is 3. The fraction of sp³-hybridized carbons (Fsp3) is 0.231. The molecule has 0 aliphatic rings. The van der Waals surface area contributed by atoms with Crippen LogP contribution in [0.1, 0.15) is 26.7 Å². The van der Waals surface area contributed by atoms with Crippen LogP contribution >= 0.6 is 11.3 Å². The number of carbonyl (C=O) groups excluding carboxylic acids is 1. The molecule has 2 aromatic rings. The van der Waals surface area contributed by atoms with Gasteiger partial charge in [-0.1, -0.05) is 11.8 Å². The van der Waals surface area contributed by atoms with Gasteiger partial charge in [0.05, 0.1) is 34.9 Å². The predicted molar refractivity (Wildman–Crippen MR) is 72.7 cm³/mol.